The Hall–Kier alpha value is -2.50. The molecule has 2 aromatic carbocycles. The van der Waals surface area contributed by atoms with Crippen LogP contribution in [0.1, 0.15) is 16.7 Å². The van der Waals surface area contributed by atoms with Crippen LogP contribution in [0.2, 0.25) is 10.0 Å². The van der Waals surface area contributed by atoms with Crippen LogP contribution in [0.15, 0.2) is 39.5 Å². The van der Waals surface area contributed by atoms with Gasteiger partial charge in [-0.25, -0.2) is 14.3 Å². The molecule has 9 nitrogen and oxygen atoms in total. The summed E-state index contributed by atoms with van der Waals surface area (Å²) in [6, 6.07) is 7.58. The van der Waals surface area contributed by atoms with Crippen LogP contribution < -0.4 is 19.8 Å². The fourth-order valence-corrected chi connectivity index (χ4v) is 4.44. The van der Waals surface area contributed by atoms with Gasteiger partial charge in [0.2, 0.25) is 0 Å². The number of amides is 1. The molecule has 0 fully saturated rings. The summed E-state index contributed by atoms with van der Waals surface area (Å²) in [5.41, 5.74) is 0.759. The maximum Gasteiger partial charge on any atom is 0.414 e. The van der Waals surface area contributed by atoms with Crippen LogP contribution >= 0.6 is 34.8 Å². The number of benzene rings is 2. The first-order valence-corrected chi connectivity index (χ1v) is 12.5. The summed E-state index contributed by atoms with van der Waals surface area (Å²) in [5.74, 6) is -0.0225. The van der Waals surface area contributed by atoms with Crippen molar-refractivity contribution in [3.05, 3.63) is 67.5 Å². The molecule has 1 aromatic heterocycles. The summed E-state index contributed by atoms with van der Waals surface area (Å²) in [4.78, 5) is 26.0. The first-order chi connectivity index (χ1) is 16.0. The van der Waals surface area contributed by atoms with Crippen molar-refractivity contribution < 1.29 is 22.4 Å². The highest BCUT2D eigenvalue weighted by Crippen LogP contribution is 2.34. The summed E-state index contributed by atoms with van der Waals surface area (Å²) in [6.45, 7) is 0. The van der Waals surface area contributed by atoms with Crippen molar-refractivity contribution in [2.45, 2.75) is 12.3 Å². The topological polar surface area (TPSA) is 118 Å². The van der Waals surface area contributed by atoms with Gasteiger partial charge in [-0.05, 0) is 23.3 Å². The predicted molar refractivity (Wildman–Crippen MR) is 133 cm³/mol. The number of fused-ring (bicyclic) bond motifs is 1. The summed E-state index contributed by atoms with van der Waals surface area (Å²) in [5, 5.41) is 0.697. The highest BCUT2D eigenvalue weighted by Gasteiger charge is 2.20. The van der Waals surface area contributed by atoms with Gasteiger partial charge in [-0.15, -0.1) is 11.6 Å². The number of anilines is 1. The van der Waals surface area contributed by atoms with Crippen LogP contribution in [0.25, 0.3) is 11.0 Å². The van der Waals surface area contributed by atoms with Crippen LogP contribution in [0, 0.1) is 0 Å². The maximum atomic E-state index is 12.9. The number of hydrogen-bond acceptors (Lipinski definition) is 6. The van der Waals surface area contributed by atoms with Crippen molar-refractivity contribution >= 4 is 67.8 Å². The number of ether oxygens (including phenoxy) is 1. The second-order valence-electron chi connectivity index (χ2n) is 7.29. The molecule has 1 amide bonds. The van der Waals surface area contributed by atoms with Crippen molar-refractivity contribution in [1.29, 1.82) is 0 Å². The Morgan fingerprint density at radius 2 is 1.88 bits per heavy atom. The smallest absolute Gasteiger partial charge is 0.414 e. The SMILES string of the molecule is CNS(=O)(=O)Nc1cccc(Cc2c(CCl)c3cc(Cl)c(OC(=O)N(C)C)cc3oc2=O)c1Cl. The molecule has 13 heteroatoms. The van der Waals surface area contributed by atoms with Crippen LogP contribution in [-0.4, -0.2) is 40.6 Å². The Morgan fingerprint density at radius 1 is 1.18 bits per heavy atom. The molecule has 0 saturated heterocycles. The summed E-state index contributed by atoms with van der Waals surface area (Å²) in [6.07, 6.45) is -0.635. The number of halogens is 3. The number of nitrogens with zero attached hydrogens (tertiary/aromatic N) is 1. The predicted octanol–water partition coefficient (Wildman–Crippen LogP) is 4.37. The second kappa shape index (κ2) is 10.4. The molecule has 0 unspecified atom stereocenters. The van der Waals surface area contributed by atoms with Crippen molar-refractivity contribution in [2.75, 3.05) is 25.9 Å². The lowest BCUT2D eigenvalue weighted by Crippen LogP contribution is -2.26. The van der Waals surface area contributed by atoms with E-state index in [2.05, 4.69) is 9.44 Å². The van der Waals surface area contributed by atoms with Crippen LogP contribution in [0.5, 0.6) is 5.75 Å². The lowest BCUT2D eigenvalue weighted by Gasteiger charge is -2.15. The van der Waals surface area contributed by atoms with Gasteiger partial charge < -0.3 is 14.1 Å². The molecular formula is C21H20Cl3N3O6S. The molecule has 34 heavy (non-hydrogen) atoms. The quantitative estimate of drug-likeness (QED) is 0.334. The number of rotatable bonds is 7. The Labute approximate surface area is 210 Å². The summed E-state index contributed by atoms with van der Waals surface area (Å²) in [7, 11) is 0.484. The molecule has 0 saturated carbocycles. The zero-order valence-electron chi connectivity index (χ0n) is 18.2. The zero-order valence-corrected chi connectivity index (χ0v) is 21.3. The highest BCUT2D eigenvalue weighted by molar-refractivity contribution is 7.90. The molecular weight excluding hydrogens is 529 g/mol. The van der Waals surface area contributed by atoms with Gasteiger partial charge in [0, 0.05) is 50.5 Å². The van der Waals surface area contributed by atoms with E-state index in [0.29, 0.717) is 16.5 Å². The molecule has 3 rings (SSSR count). The van der Waals surface area contributed by atoms with Gasteiger partial charge in [-0.1, -0.05) is 35.3 Å². The van der Waals surface area contributed by atoms with Gasteiger partial charge in [0.25, 0.3) is 10.2 Å². The van der Waals surface area contributed by atoms with Crippen molar-refractivity contribution in [3.8, 4) is 5.75 Å². The largest absolute Gasteiger partial charge is 0.422 e. The molecule has 0 aliphatic heterocycles. The average molecular weight is 549 g/mol. The van der Waals surface area contributed by atoms with Crippen LogP contribution in [0.3, 0.4) is 0 Å². The first kappa shape index (κ1) is 26.1. The normalized spacial score (nSPS) is 11.5. The molecule has 0 radical (unpaired) electrons. The van der Waals surface area contributed by atoms with Crippen LogP contribution in [0.4, 0.5) is 10.5 Å². The van der Waals surface area contributed by atoms with E-state index in [4.69, 9.17) is 44.0 Å². The third-order valence-corrected chi connectivity index (χ3v) is 6.86. The molecule has 3 aromatic rings. The third-order valence-electron chi connectivity index (χ3n) is 4.83. The number of nitrogens with one attached hydrogen (secondary N) is 2. The van der Waals surface area contributed by atoms with E-state index >= 15 is 0 Å². The van der Waals surface area contributed by atoms with Gasteiger partial charge in [0.05, 0.1) is 15.7 Å². The van der Waals surface area contributed by atoms with E-state index in [-0.39, 0.29) is 44.9 Å². The van der Waals surface area contributed by atoms with E-state index in [0.717, 1.165) is 0 Å². The van der Waals surface area contributed by atoms with Crippen LogP contribution in [-0.2, 0) is 22.5 Å². The highest BCUT2D eigenvalue weighted by atomic mass is 35.5. The first-order valence-electron chi connectivity index (χ1n) is 9.69. The van der Waals surface area contributed by atoms with Gasteiger partial charge in [-0.3, -0.25) is 4.72 Å². The minimum Gasteiger partial charge on any atom is -0.422 e. The maximum absolute atomic E-state index is 12.9. The van der Waals surface area contributed by atoms with E-state index in [1.165, 1.54) is 44.2 Å². The van der Waals surface area contributed by atoms with Gasteiger partial charge >= 0.3 is 11.7 Å². The fourth-order valence-electron chi connectivity index (χ4n) is 3.08. The van der Waals surface area contributed by atoms with E-state index in [1.807, 2.05) is 0 Å². The van der Waals surface area contributed by atoms with E-state index < -0.39 is 21.9 Å². The van der Waals surface area contributed by atoms with Gasteiger partial charge in [0.1, 0.15) is 5.58 Å². The summed E-state index contributed by atoms with van der Waals surface area (Å²) >= 11 is 18.9. The monoisotopic (exact) mass is 547 g/mol. The minimum absolute atomic E-state index is 0.0171. The van der Waals surface area contributed by atoms with Gasteiger partial charge in [0.15, 0.2) is 5.75 Å². The lowest BCUT2D eigenvalue weighted by atomic mass is 9.99. The van der Waals surface area contributed by atoms with E-state index in [9.17, 15) is 18.0 Å². The minimum atomic E-state index is -3.80. The van der Waals surface area contributed by atoms with Gasteiger partial charge in [-0.2, -0.15) is 8.42 Å². The molecule has 2 N–H and O–H groups in total. The van der Waals surface area contributed by atoms with E-state index in [1.54, 1.807) is 12.1 Å². The fraction of sp³-hybridized carbons (Fsp3) is 0.238. The third kappa shape index (κ3) is 5.59. The van der Waals surface area contributed by atoms with Crippen molar-refractivity contribution in [1.82, 2.24) is 9.62 Å². The Morgan fingerprint density at radius 3 is 2.50 bits per heavy atom. The Bertz CT molecular complexity index is 1420. The molecule has 0 aliphatic rings. The number of carbonyl (C=O) groups is 1. The molecule has 0 aliphatic carbocycles. The summed E-state index contributed by atoms with van der Waals surface area (Å²) < 4.78 is 38.8. The molecule has 0 bridgehead atoms. The Balaban J connectivity index is 2.08. The number of carbonyl (C=O) groups excluding carboxylic acids is 1. The zero-order chi connectivity index (χ0) is 25.2. The molecule has 0 spiro atoms. The average Bonchev–Trinajstić information content (AvgIpc) is 2.77. The lowest BCUT2D eigenvalue weighted by molar-refractivity contribution is 0.172. The second-order valence-corrected chi connectivity index (χ2v) is 9.96. The Kier molecular flexibility index (Phi) is 7.99. The number of hydrogen-bond donors (Lipinski definition) is 2. The van der Waals surface area contributed by atoms with Crippen molar-refractivity contribution in [3.63, 3.8) is 0 Å². The standard InChI is InChI=1S/C21H20Cl3N3O6S/c1-25-34(30,31)26-16-6-4-5-11(19(16)24)7-13-14(10-22)12-8-15(23)18(33-21(29)27(2)3)9-17(12)32-20(13)28/h4-6,8-9,25-26H,7,10H2,1-3H3. The molecule has 182 valence electrons. The molecule has 0 atom stereocenters. The molecule has 1 heterocycles. The number of alkyl halides is 1. The van der Waals surface area contributed by atoms with Crippen molar-refractivity contribution in [2.24, 2.45) is 0 Å².